The molecule has 3 aliphatic rings. The van der Waals surface area contributed by atoms with Crippen molar-refractivity contribution >= 4 is 38.5 Å². The van der Waals surface area contributed by atoms with Crippen LogP contribution in [0, 0.1) is 5.41 Å². The maximum atomic E-state index is 13.8. The molecule has 0 aromatic rings. The molecular formula is C23H36BrN3O6. The summed E-state index contributed by atoms with van der Waals surface area (Å²) >= 11 is 3.35. The van der Waals surface area contributed by atoms with Crippen LogP contribution < -0.4 is 5.32 Å². The lowest BCUT2D eigenvalue weighted by Gasteiger charge is -2.35. The van der Waals surface area contributed by atoms with Crippen LogP contribution in [0.25, 0.3) is 0 Å². The summed E-state index contributed by atoms with van der Waals surface area (Å²) in [6.07, 6.45) is 3.72. The summed E-state index contributed by atoms with van der Waals surface area (Å²) < 4.78 is 11.8. The Bertz CT molecular complexity index is 812. The largest absolute Gasteiger partial charge is 0.458 e. The van der Waals surface area contributed by atoms with Crippen LogP contribution in [0.3, 0.4) is 0 Å². The SMILES string of the molecule is CC(C)(C)OC(=O)[C@@H]1C[C@]2(CC(Br)=NO2)CN1C(=O)[C@@H](NC(=O)OC1CCCC1)C(C)(C)C. The van der Waals surface area contributed by atoms with Crippen molar-refractivity contribution in [3.63, 3.8) is 0 Å². The maximum absolute atomic E-state index is 13.8. The first-order chi connectivity index (χ1) is 15.2. The summed E-state index contributed by atoms with van der Waals surface area (Å²) in [4.78, 5) is 46.7. The zero-order valence-electron chi connectivity index (χ0n) is 20.4. The molecule has 1 saturated carbocycles. The predicted molar refractivity (Wildman–Crippen MR) is 126 cm³/mol. The predicted octanol–water partition coefficient (Wildman–Crippen LogP) is 3.88. The summed E-state index contributed by atoms with van der Waals surface area (Å²) in [5.41, 5.74) is -2.13. The van der Waals surface area contributed by atoms with Gasteiger partial charge in [0, 0.05) is 12.8 Å². The summed E-state index contributed by atoms with van der Waals surface area (Å²) in [7, 11) is 0. The van der Waals surface area contributed by atoms with E-state index in [1.807, 2.05) is 20.8 Å². The zero-order chi connectivity index (χ0) is 24.6. The molecule has 0 radical (unpaired) electrons. The number of carbonyl (C=O) groups excluding carboxylic acids is 3. The molecule has 1 N–H and O–H groups in total. The molecule has 0 aromatic heterocycles. The van der Waals surface area contributed by atoms with Crippen molar-refractivity contribution in [2.75, 3.05) is 6.54 Å². The molecule has 3 atom stereocenters. The molecular weight excluding hydrogens is 494 g/mol. The monoisotopic (exact) mass is 529 g/mol. The van der Waals surface area contributed by atoms with Crippen LogP contribution in [0.15, 0.2) is 5.16 Å². The molecule has 0 unspecified atom stereocenters. The number of nitrogens with zero attached hydrogens (tertiary/aromatic N) is 2. The van der Waals surface area contributed by atoms with Gasteiger partial charge in [0.1, 0.15) is 28.4 Å². The van der Waals surface area contributed by atoms with E-state index in [2.05, 4.69) is 26.4 Å². The Morgan fingerprint density at radius 3 is 2.33 bits per heavy atom. The van der Waals surface area contributed by atoms with E-state index < -0.39 is 40.8 Å². The van der Waals surface area contributed by atoms with Crippen molar-refractivity contribution in [2.45, 2.75) is 109 Å². The fourth-order valence-corrected chi connectivity index (χ4v) is 5.14. The second-order valence-electron chi connectivity index (χ2n) is 11.4. The minimum atomic E-state index is -0.891. The number of rotatable bonds is 4. The number of hydrogen-bond acceptors (Lipinski definition) is 7. The van der Waals surface area contributed by atoms with E-state index in [9.17, 15) is 14.4 Å². The van der Waals surface area contributed by atoms with Crippen LogP contribution in [0.2, 0.25) is 0 Å². The van der Waals surface area contributed by atoms with Crippen molar-refractivity contribution in [1.82, 2.24) is 10.2 Å². The third kappa shape index (κ3) is 6.39. The Labute approximate surface area is 204 Å². The Hall–Kier alpha value is -1.84. The molecule has 2 amide bonds. The standard InChI is InChI=1S/C23H36BrN3O6/c1-21(2,3)17(25-20(30)31-14-9-7-8-10-14)18(28)27-13-23(12-16(24)26-33-23)11-15(27)19(29)32-22(4,5)6/h14-15,17H,7-13H2,1-6H3,(H,25,30)/t15-,17+,23-/m0/s1. The molecule has 3 rings (SSSR count). The number of carbonyl (C=O) groups is 3. The summed E-state index contributed by atoms with van der Waals surface area (Å²) in [5.74, 6) is -0.870. The van der Waals surface area contributed by atoms with Gasteiger partial charge in [0.05, 0.1) is 6.54 Å². The highest BCUT2D eigenvalue weighted by Gasteiger charge is 2.56. The van der Waals surface area contributed by atoms with Crippen LogP contribution in [-0.2, 0) is 23.9 Å². The normalized spacial score (nSPS) is 26.7. The highest BCUT2D eigenvalue weighted by atomic mass is 79.9. The molecule has 0 aromatic carbocycles. The summed E-state index contributed by atoms with van der Waals surface area (Å²) in [6.45, 7) is 11.1. The molecule has 1 saturated heterocycles. The number of oxime groups is 1. The van der Waals surface area contributed by atoms with Crippen molar-refractivity contribution in [3.05, 3.63) is 0 Å². The number of alkyl carbamates (subject to hydrolysis) is 1. The molecule has 186 valence electrons. The topological polar surface area (TPSA) is 107 Å². The number of halogens is 1. The van der Waals surface area contributed by atoms with Crippen LogP contribution in [0.5, 0.6) is 0 Å². The molecule has 0 bridgehead atoms. The van der Waals surface area contributed by atoms with Gasteiger partial charge in [0.15, 0.2) is 5.60 Å². The van der Waals surface area contributed by atoms with Gasteiger partial charge in [-0.15, -0.1) is 0 Å². The molecule has 1 aliphatic carbocycles. The van der Waals surface area contributed by atoms with Gasteiger partial charge >= 0.3 is 12.1 Å². The minimum absolute atomic E-state index is 0.119. The Morgan fingerprint density at radius 1 is 1.18 bits per heavy atom. The molecule has 10 heteroatoms. The number of hydrogen-bond donors (Lipinski definition) is 1. The Balaban J connectivity index is 1.81. The summed E-state index contributed by atoms with van der Waals surface area (Å²) in [6, 6.07) is -1.74. The van der Waals surface area contributed by atoms with Crippen LogP contribution in [0.4, 0.5) is 4.79 Å². The van der Waals surface area contributed by atoms with Gasteiger partial charge in [0.25, 0.3) is 0 Å². The van der Waals surface area contributed by atoms with Crippen molar-refractivity contribution in [2.24, 2.45) is 10.6 Å². The van der Waals surface area contributed by atoms with Crippen molar-refractivity contribution in [1.29, 1.82) is 0 Å². The van der Waals surface area contributed by atoms with E-state index in [-0.39, 0.29) is 25.0 Å². The van der Waals surface area contributed by atoms with E-state index in [0.29, 0.717) is 11.0 Å². The maximum Gasteiger partial charge on any atom is 0.408 e. The Kier molecular flexibility index (Phi) is 7.36. The average molecular weight is 530 g/mol. The zero-order valence-corrected chi connectivity index (χ0v) is 22.0. The molecule has 9 nitrogen and oxygen atoms in total. The summed E-state index contributed by atoms with van der Waals surface area (Å²) in [5, 5.41) is 6.76. The van der Waals surface area contributed by atoms with Crippen LogP contribution >= 0.6 is 15.9 Å². The first-order valence-electron chi connectivity index (χ1n) is 11.6. The first kappa shape index (κ1) is 25.8. The molecule has 1 spiro atoms. The average Bonchev–Trinajstić information content (AvgIpc) is 3.38. The lowest BCUT2D eigenvalue weighted by atomic mass is 9.85. The van der Waals surface area contributed by atoms with Gasteiger partial charge in [-0.1, -0.05) is 25.9 Å². The third-order valence-corrected chi connectivity index (χ3v) is 6.54. The third-order valence-electron chi connectivity index (χ3n) is 6.12. The fourth-order valence-electron chi connectivity index (χ4n) is 4.55. The molecule has 33 heavy (non-hydrogen) atoms. The van der Waals surface area contributed by atoms with E-state index in [0.717, 1.165) is 25.7 Å². The number of nitrogens with one attached hydrogen (secondary N) is 1. The Morgan fingerprint density at radius 2 is 1.82 bits per heavy atom. The van der Waals surface area contributed by atoms with Gasteiger partial charge in [-0.2, -0.15) is 0 Å². The van der Waals surface area contributed by atoms with E-state index in [1.165, 1.54) is 4.90 Å². The number of ether oxygens (including phenoxy) is 2. The highest BCUT2D eigenvalue weighted by Crippen LogP contribution is 2.40. The second kappa shape index (κ2) is 9.43. The van der Waals surface area contributed by atoms with Gasteiger partial charge in [-0.25, -0.2) is 9.59 Å². The fraction of sp³-hybridized carbons (Fsp3) is 0.826. The minimum Gasteiger partial charge on any atom is -0.458 e. The second-order valence-corrected chi connectivity index (χ2v) is 12.3. The van der Waals surface area contributed by atoms with Crippen molar-refractivity contribution in [3.8, 4) is 0 Å². The first-order valence-corrected chi connectivity index (χ1v) is 12.4. The van der Waals surface area contributed by atoms with E-state index in [4.69, 9.17) is 14.3 Å². The van der Waals surface area contributed by atoms with E-state index in [1.54, 1.807) is 20.8 Å². The van der Waals surface area contributed by atoms with Crippen molar-refractivity contribution < 1.29 is 28.7 Å². The lowest BCUT2D eigenvalue weighted by Crippen LogP contribution is -2.57. The number of esters is 1. The molecule has 2 aliphatic heterocycles. The lowest BCUT2D eigenvalue weighted by molar-refractivity contribution is -0.164. The molecule has 2 heterocycles. The van der Waals surface area contributed by atoms with Crippen LogP contribution in [-0.4, -0.2) is 63.4 Å². The number of likely N-dealkylation sites (tertiary alicyclic amines) is 1. The van der Waals surface area contributed by atoms with Crippen LogP contribution in [0.1, 0.15) is 80.1 Å². The molecule has 2 fully saturated rings. The van der Waals surface area contributed by atoms with E-state index >= 15 is 0 Å². The smallest absolute Gasteiger partial charge is 0.408 e. The van der Waals surface area contributed by atoms with Gasteiger partial charge in [-0.05, 0) is 67.8 Å². The highest BCUT2D eigenvalue weighted by molar-refractivity contribution is 9.18. The van der Waals surface area contributed by atoms with Gasteiger partial charge < -0.3 is 24.5 Å². The quantitative estimate of drug-likeness (QED) is 0.553. The van der Waals surface area contributed by atoms with Gasteiger partial charge in [0.2, 0.25) is 5.91 Å². The number of amides is 2. The van der Waals surface area contributed by atoms with Gasteiger partial charge in [-0.3, -0.25) is 4.79 Å².